The molecule has 0 aliphatic heterocycles. The summed E-state index contributed by atoms with van der Waals surface area (Å²) in [5.74, 6) is 0.343. The average Bonchev–Trinajstić information content (AvgIpc) is 2.97. The standard InChI is InChI=1S/C38H61N3O3.BrH/c1-10-13-18-40(27-37(43)39-38-29(4)16-15-17-30(38)5)19-23-44-24-22-41(20-12-3,21-14-11-2)28-35(42)26-36-33(8)31(6)25-32(7)34(36)9;/h15-17,25H,10-14,18-24,26-28H2,1-9H3;1H. The number of Topliss-reactive ketones (excluding diaryl/α,β-unsaturated/α-hetero) is 1. The maximum atomic E-state index is 13.6. The highest BCUT2D eigenvalue weighted by Crippen LogP contribution is 2.23. The van der Waals surface area contributed by atoms with E-state index in [1.165, 1.54) is 27.8 Å². The highest BCUT2D eigenvalue weighted by atomic mass is 79.9. The van der Waals surface area contributed by atoms with Gasteiger partial charge in [0.1, 0.15) is 13.1 Å². The molecule has 0 heterocycles. The molecule has 0 radical (unpaired) electrons. The van der Waals surface area contributed by atoms with Crippen molar-refractivity contribution >= 4 is 17.4 Å². The summed E-state index contributed by atoms with van der Waals surface area (Å²) < 4.78 is 7.03. The number of benzene rings is 2. The Kier molecular flexibility index (Phi) is 19.1. The molecular formula is C38H62BrN3O3. The lowest BCUT2D eigenvalue weighted by Crippen LogP contribution is -3.00. The van der Waals surface area contributed by atoms with Gasteiger partial charge in [-0.1, -0.05) is 57.9 Å². The Hall–Kier alpha value is -2.06. The lowest BCUT2D eigenvalue weighted by atomic mass is 9.91. The van der Waals surface area contributed by atoms with Crippen molar-refractivity contribution in [2.24, 2.45) is 0 Å². The summed E-state index contributed by atoms with van der Waals surface area (Å²) in [6, 6.07) is 8.31. The van der Waals surface area contributed by atoms with Gasteiger partial charge in [-0.15, -0.1) is 0 Å². The Morgan fingerprint density at radius 1 is 0.778 bits per heavy atom. The van der Waals surface area contributed by atoms with Gasteiger partial charge in [0.15, 0.2) is 5.78 Å². The molecule has 1 unspecified atom stereocenters. The number of rotatable bonds is 21. The van der Waals surface area contributed by atoms with Crippen LogP contribution < -0.4 is 22.3 Å². The number of ketones is 1. The summed E-state index contributed by atoms with van der Waals surface area (Å²) in [7, 11) is 0. The van der Waals surface area contributed by atoms with Crippen LogP contribution in [0.4, 0.5) is 5.69 Å². The van der Waals surface area contributed by atoms with Gasteiger partial charge in [-0.2, -0.15) is 0 Å². The summed E-state index contributed by atoms with van der Waals surface area (Å²) in [6.07, 6.45) is 5.90. The van der Waals surface area contributed by atoms with E-state index >= 15 is 0 Å². The van der Waals surface area contributed by atoms with Crippen LogP contribution in [0, 0.1) is 41.5 Å². The molecule has 0 aliphatic carbocycles. The molecule has 2 aromatic rings. The van der Waals surface area contributed by atoms with Crippen molar-refractivity contribution in [3.05, 3.63) is 63.2 Å². The number of amides is 1. The Morgan fingerprint density at radius 2 is 1.40 bits per heavy atom. The Balaban J connectivity index is 0.0000101. The smallest absolute Gasteiger partial charge is 0.238 e. The monoisotopic (exact) mass is 687 g/mol. The molecule has 254 valence electrons. The van der Waals surface area contributed by atoms with E-state index in [1.54, 1.807) is 0 Å². The summed E-state index contributed by atoms with van der Waals surface area (Å²) in [5, 5.41) is 3.13. The van der Waals surface area contributed by atoms with E-state index in [0.717, 1.165) is 79.6 Å². The minimum atomic E-state index is 0. The SMILES string of the molecule is CCCCN(CCOCC[N+](CCC)(CCCC)CC(=O)Cc1c(C)c(C)cc(C)c1C)CC(=O)Nc1c(C)cccc1C.[Br-]. The first-order valence-corrected chi connectivity index (χ1v) is 17.1. The number of nitrogens with zero attached hydrogens (tertiary/aromatic N) is 2. The van der Waals surface area contributed by atoms with Crippen LogP contribution in [-0.4, -0.2) is 80.1 Å². The maximum absolute atomic E-state index is 13.6. The van der Waals surface area contributed by atoms with Crippen molar-refractivity contribution in [3.8, 4) is 0 Å². The van der Waals surface area contributed by atoms with Crippen LogP contribution >= 0.6 is 0 Å². The molecule has 2 aromatic carbocycles. The maximum Gasteiger partial charge on any atom is 0.238 e. The van der Waals surface area contributed by atoms with E-state index < -0.39 is 0 Å². The molecule has 0 aliphatic rings. The van der Waals surface area contributed by atoms with Crippen LogP contribution in [0.15, 0.2) is 24.3 Å². The minimum Gasteiger partial charge on any atom is -1.00 e. The molecule has 1 amide bonds. The van der Waals surface area contributed by atoms with E-state index in [1.807, 2.05) is 32.0 Å². The number of unbranched alkanes of at least 4 members (excludes halogenated alkanes) is 2. The number of nitrogens with one attached hydrogen (secondary N) is 1. The third-order valence-corrected chi connectivity index (χ3v) is 9.29. The van der Waals surface area contributed by atoms with Gasteiger partial charge in [-0.3, -0.25) is 14.5 Å². The first-order chi connectivity index (χ1) is 21.0. The van der Waals surface area contributed by atoms with Gasteiger partial charge in [0.25, 0.3) is 0 Å². The molecular weight excluding hydrogens is 626 g/mol. The normalized spacial score (nSPS) is 12.6. The van der Waals surface area contributed by atoms with Crippen LogP contribution in [0.5, 0.6) is 0 Å². The third kappa shape index (κ3) is 13.3. The fourth-order valence-corrected chi connectivity index (χ4v) is 6.33. The summed E-state index contributed by atoms with van der Waals surface area (Å²) in [5.41, 5.74) is 9.32. The Bertz CT molecular complexity index is 1170. The second kappa shape index (κ2) is 20.9. The molecule has 1 atom stereocenters. The molecule has 1 N–H and O–H groups in total. The summed E-state index contributed by atoms with van der Waals surface area (Å²) in [4.78, 5) is 28.8. The van der Waals surface area contributed by atoms with E-state index in [2.05, 4.69) is 64.7 Å². The Morgan fingerprint density at radius 3 is 1.98 bits per heavy atom. The van der Waals surface area contributed by atoms with E-state index in [-0.39, 0.29) is 22.9 Å². The van der Waals surface area contributed by atoms with Gasteiger partial charge in [0.2, 0.25) is 5.91 Å². The van der Waals surface area contributed by atoms with Gasteiger partial charge in [0, 0.05) is 18.7 Å². The first kappa shape index (κ1) is 41.0. The zero-order chi connectivity index (χ0) is 32.7. The van der Waals surface area contributed by atoms with Gasteiger partial charge in [-0.25, -0.2) is 0 Å². The van der Waals surface area contributed by atoms with Crippen molar-refractivity contribution in [1.29, 1.82) is 0 Å². The largest absolute Gasteiger partial charge is 1.00 e. The minimum absolute atomic E-state index is 0. The lowest BCUT2D eigenvalue weighted by Gasteiger charge is -2.38. The molecule has 0 bridgehead atoms. The summed E-state index contributed by atoms with van der Waals surface area (Å²) >= 11 is 0. The number of hydrogen-bond acceptors (Lipinski definition) is 4. The number of carbonyl (C=O) groups is 2. The van der Waals surface area contributed by atoms with Crippen LogP contribution in [0.1, 0.15) is 91.8 Å². The van der Waals surface area contributed by atoms with Gasteiger partial charge >= 0.3 is 0 Å². The van der Waals surface area contributed by atoms with E-state index in [4.69, 9.17) is 4.74 Å². The molecule has 2 rings (SSSR count). The lowest BCUT2D eigenvalue weighted by molar-refractivity contribution is -0.921. The van der Waals surface area contributed by atoms with E-state index in [9.17, 15) is 9.59 Å². The van der Waals surface area contributed by atoms with Crippen molar-refractivity contribution in [1.82, 2.24) is 4.90 Å². The van der Waals surface area contributed by atoms with Crippen LogP contribution in [-0.2, 0) is 20.7 Å². The topological polar surface area (TPSA) is 58.6 Å². The predicted octanol–water partition coefficient (Wildman–Crippen LogP) is 4.44. The second-order valence-corrected chi connectivity index (χ2v) is 13.0. The molecule has 0 fully saturated rings. The second-order valence-electron chi connectivity index (χ2n) is 13.0. The number of ether oxygens (including phenoxy) is 1. The number of hydrogen-bond donors (Lipinski definition) is 1. The molecule has 0 spiro atoms. The first-order valence-electron chi connectivity index (χ1n) is 17.1. The van der Waals surface area contributed by atoms with Gasteiger partial charge in [-0.05, 0) is 106 Å². The summed E-state index contributed by atoms with van der Waals surface area (Å²) in [6.45, 7) is 25.8. The molecule has 0 aromatic heterocycles. The fourth-order valence-electron chi connectivity index (χ4n) is 6.33. The van der Waals surface area contributed by atoms with Crippen LogP contribution in [0.25, 0.3) is 0 Å². The predicted molar refractivity (Wildman–Crippen MR) is 186 cm³/mol. The molecule has 45 heavy (non-hydrogen) atoms. The van der Waals surface area contributed by atoms with Crippen molar-refractivity contribution < 1.29 is 35.8 Å². The van der Waals surface area contributed by atoms with Gasteiger partial charge in [0.05, 0.1) is 32.8 Å². The fraction of sp³-hybridized carbons (Fsp3) is 0.632. The third-order valence-electron chi connectivity index (χ3n) is 9.29. The molecule has 6 nitrogen and oxygen atoms in total. The quantitative estimate of drug-likeness (QED) is 0.156. The van der Waals surface area contributed by atoms with E-state index in [0.29, 0.717) is 45.1 Å². The number of anilines is 1. The molecule has 7 heteroatoms. The van der Waals surface area contributed by atoms with Crippen molar-refractivity contribution in [3.63, 3.8) is 0 Å². The number of halogens is 1. The number of aryl methyl sites for hydroxylation is 4. The number of para-hydroxylation sites is 1. The number of carbonyl (C=O) groups excluding carboxylic acids is 2. The Labute approximate surface area is 285 Å². The van der Waals surface area contributed by atoms with Crippen LogP contribution in [0.3, 0.4) is 0 Å². The van der Waals surface area contributed by atoms with Gasteiger partial charge < -0.3 is 31.5 Å². The number of quaternary nitrogens is 1. The highest BCUT2D eigenvalue weighted by molar-refractivity contribution is 5.93. The average molecular weight is 689 g/mol. The highest BCUT2D eigenvalue weighted by Gasteiger charge is 2.30. The van der Waals surface area contributed by atoms with Crippen LogP contribution in [0.2, 0.25) is 0 Å². The zero-order valence-corrected chi connectivity index (χ0v) is 31.5. The van der Waals surface area contributed by atoms with Crippen molar-refractivity contribution in [2.45, 2.75) is 101 Å². The zero-order valence-electron chi connectivity index (χ0n) is 29.9. The molecule has 0 saturated carbocycles. The molecule has 0 saturated heterocycles. The van der Waals surface area contributed by atoms with Crippen molar-refractivity contribution in [2.75, 3.05) is 64.3 Å².